The zero-order valence-electron chi connectivity index (χ0n) is 11.3. The number of carbonyl (C=O) groups is 1. The summed E-state index contributed by atoms with van der Waals surface area (Å²) in [5.74, 6) is -1.49. The van der Waals surface area contributed by atoms with E-state index < -0.39 is 33.5 Å². The molecule has 120 valence electrons. The Balaban J connectivity index is 2.31. The number of carbonyl (C=O) groups excluding carboxylic acids is 1. The lowest BCUT2D eigenvalue weighted by Crippen LogP contribution is -2.28. The van der Waals surface area contributed by atoms with E-state index in [9.17, 15) is 26.4 Å². The van der Waals surface area contributed by atoms with Crippen molar-refractivity contribution in [3.63, 3.8) is 0 Å². The first-order valence-electron chi connectivity index (χ1n) is 6.08. The summed E-state index contributed by atoms with van der Waals surface area (Å²) < 4.78 is 68.5. The van der Waals surface area contributed by atoms with Crippen LogP contribution in [0.1, 0.15) is 25.0 Å². The lowest BCUT2D eigenvalue weighted by atomic mass is 10.0. The van der Waals surface area contributed by atoms with E-state index in [0.29, 0.717) is 5.56 Å². The van der Waals surface area contributed by atoms with Crippen LogP contribution < -0.4 is 0 Å². The second kappa shape index (κ2) is 5.64. The minimum atomic E-state index is -5.82. The van der Waals surface area contributed by atoms with Crippen molar-refractivity contribution in [2.75, 3.05) is 0 Å². The fraction of sp³-hybridized carbons (Fsp3) is 0.308. The molecule has 1 atom stereocenters. The van der Waals surface area contributed by atoms with Crippen molar-refractivity contribution < 1.29 is 35.3 Å². The highest BCUT2D eigenvalue weighted by molar-refractivity contribution is 7.87. The van der Waals surface area contributed by atoms with E-state index in [-0.39, 0.29) is 12.0 Å². The van der Waals surface area contributed by atoms with Gasteiger partial charge in [0.2, 0.25) is 0 Å². The molecule has 0 bridgehead atoms. The summed E-state index contributed by atoms with van der Waals surface area (Å²) in [7, 11) is -5.82. The number of rotatable bonds is 3. The third-order valence-electron chi connectivity index (χ3n) is 3.01. The Hall–Kier alpha value is -2.03. The molecule has 0 aromatic heterocycles. The summed E-state index contributed by atoms with van der Waals surface area (Å²) in [5, 5.41) is 0. The van der Waals surface area contributed by atoms with E-state index in [4.69, 9.17) is 4.74 Å². The molecule has 5 nitrogen and oxygen atoms in total. The molecule has 0 fully saturated rings. The van der Waals surface area contributed by atoms with Crippen molar-refractivity contribution >= 4 is 16.1 Å². The van der Waals surface area contributed by atoms with Gasteiger partial charge >= 0.3 is 21.6 Å². The Morgan fingerprint density at radius 2 is 1.82 bits per heavy atom. The van der Waals surface area contributed by atoms with Gasteiger partial charge in [0, 0.05) is 6.42 Å². The number of hydrogen-bond donors (Lipinski definition) is 0. The van der Waals surface area contributed by atoms with Crippen LogP contribution in [-0.2, 0) is 23.8 Å². The van der Waals surface area contributed by atoms with E-state index >= 15 is 0 Å². The summed E-state index contributed by atoms with van der Waals surface area (Å²) in [6.45, 7) is 1.14. The standard InChI is InChI=1S/C13H11F3O5S/c1-8-10(21-22(18,19)13(14,15)16)7-11(20-12(8)17)9-5-3-2-4-6-9/h2-6,11H,7H2,1H3. The van der Waals surface area contributed by atoms with Crippen molar-refractivity contribution in [2.24, 2.45) is 0 Å². The molecule has 0 saturated heterocycles. The van der Waals surface area contributed by atoms with E-state index in [2.05, 4.69) is 4.18 Å². The molecule has 0 radical (unpaired) electrons. The van der Waals surface area contributed by atoms with Gasteiger partial charge in [0.1, 0.15) is 11.9 Å². The SMILES string of the molecule is CC1=C(OS(=O)(=O)C(F)(F)F)CC(c2ccccc2)OC1=O. The van der Waals surface area contributed by atoms with Gasteiger partial charge in [-0.2, -0.15) is 21.6 Å². The van der Waals surface area contributed by atoms with Crippen molar-refractivity contribution in [3.05, 3.63) is 47.2 Å². The fourth-order valence-corrected chi connectivity index (χ4v) is 2.38. The number of halogens is 3. The van der Waals surface area contributed by atoms with Gasteiger partial charge in [0.25, 0.3) is 0 Å². The van der Waals surface area contributed by atoms with Crippen LogP contribution in [0.25, 0.3) is 0 Å². The molecule has 0 amide bonds. The first-order chi connectivity index (χ1) is 10.1. The zero-order valence-corrected chi connectivity index (χ0v) is 12.1. The molecule has 2 rings (SSSR count). The number of hydrogen-bond acceptors (Lipinski definition) is 5. The molecule has 1 heterocycles. The number of ether oxygens (including phenoxy) is 1. The van der Waals surface area contributed by atoms with Crippen LogP contribution in [0.4, 0.5) is 13.2 Å². The molecule has 1 aromatic carbocycles. The van der Waals surface area contributed by atoms with Crippen molar-refractivity contribution in [2.45, 2.75) is 25.0 Å². The highest BCUT2D eigenvalue weighted by atomic mass is 32.2. The number of benzene rings is 1. The molecule has 0 N–H and O–H groups in total. The van der Waals surface area contributed by atoms with Crippen LogP contribution >= 0.6 is 0 Å². The molecule has 1 unspecified atom stereocenters. The van der Waals surface area contributed by atoms with Crippen LogP contribution in [0, 0.1) is 0 Å². The average Bonchev–Trinajstić information content (AvgIpc) is 2.43. The lowest BCUT2D eigenvalue weighted by Gasteiger charge is -2.25. The maximum atomic E-state index is 12.4. The molecule has 0 aliphatic carbocycles. The van der Waals surface area contributed by atoms with Gasteiger partial charge in [0.15, 0.2) is 0 Å². The predicted octanol–water partition coefficient (Wildman–Crippen LogP) is 2.81. The van der Waals surface area contributed by atoms with Crippen molar-refractivity contribution in [3.8, 4) is 0 Å². The smallest absolute Gasteiger partial charge is 0.454 e. The monoisotopic (exact) mass is 336 g/mol. The highest BCUT2D eigenvalue weighted by Gasteiger charge is 2.49. The van der Waals surface area contributed by atoms with Gasteiger partial charge in [-0.3, -0.25) is 0 Å². The molecule has 0 spiro atoms. The molecular formula is C13H11F3O5S. The zero-order chi connectivity index (χ0) is 16.5. The molecular weight excluding hydrogens is 325 g/mol. The minimum absolute atomic E-state index is 0.295. The van der Waals surface area contributed by atoms with E-state index in [1.807, 2.05) is 0 Å². The Bertz CT molecular complexity index is 707. The lowest BCUT2D eigenvalue weighted by molar-refractivity contribution is -0.147. The molecule has 9 heteroatoms. The predicted molar refractivity (Wildman–Crippen MR) is 68.7 cm³/mol. The molecule has 1 aliphatic rings. The second-order valence-corrected chi connectivity index (χ2v) is 6.08. The first-order valence-corrected chi connectivity index (χ1v) is 7.49. The van der Waals surface area contributed by atoms with Crippen LogP contribution in [0.2, 0.25) is 0 Å². The fourth-order valence-electron chi connectivity index (χ4n) is 1.82. The van der Waals surface area contributed by atoms with Crippen LogP contribution in [0.15, 0.2) is 41.7 Å². The second-order valence-electron chi connectivity index (χ2n) is 4.54. The van der Waals surface area contributed by atoms with E-state index in [0.717, 1.165) is 6.92 Å². The maximum Gasteiger partial charge on any atom is 0.534 e. The molecule has 22 heavy (non-hydrogen) atoms. The summed E-state index contributed by atoms with van der Waals surface area (Å²) in [6.07, 6.45) is -1.20. The largest absolute Gasteiger partial charge is 0.534 e. The van der Waals surface area contributed by atoms with E-state index in [1.165, 1.54) is 0 Å². The Morgan fingerprint density at radius 1 is 1.23 bits per heavy atom. The quantitative estimate of drug-likeness (QED) is 0.482. The Kier molecular flexibility index (Phi) is 4.19. The highest BCUT2D eigenvalue weighted by Crippen LogP contribution is 2.36. The summed E-state index contributed by atoms with van der Waals surface area (Å²) in [4.78, 5) is 11.7. The van der Waals surface area contributed by atoms with Gasteiger partial charge in [-0.05, 0) is 12.5 Å². The Morgan fingerprint density at radius 3 is 2.36 bits per heavy atom. The third kappa shape index (κ3) is 3.24. The number of alkyl halides is 3. The van der Waals surface area contributed by atoms with Crippen LogP contribution in [0.3, 0.4) is 0 Å². The van der Waals surface area contributed by atoms with Crippen LogP contribution in [-0.4, -0.2) is 19.9 Å². The summed E-state index contributed by atoms with van der Waals surface area (Å²) >= 11 is 0. The van der Waals surface area contributed by atoms with Gasteiger partial charge in [-0.25, -0.2) is 4.79 Å². The summed E-state index contributed by atoms with van der Waals surface area (Å²) in [6, 6.07) is 8.23. The van der Waals surface area contributed by atoms with Crippen molar-refractivity contribution in [1.82, 2.24) is 0 Å². The summed E-state index contributed by atoms with van der Waals surface area (Å²) in [5.41, 5.74) is -5.35. The molecule has 0 saturated carbocycles. The van der Waals surface area contributed by atoms with Gasteiger partial charge < -0.3 is 8.92 Å². The van der Waals surface area contributed by atoms with E-state index in [1.54, 1.807) is 30.3 Å². The average molecular weight is 336 g/mol. The topological polar surface area (TPSA) is 69.7 Å². The van der Waals surface area contributed by atoms with Crippen molar-refractivity contribution in [1.29, 1.82) is 0 Å². The molecule has 1 aliphatic heterocycles. The number of esters is 1. The third-order valence-corrected chi connectivity index (χ3v) is 4.00. The van der Waals surface area contributed by atoms with Gasteiger partial charge in [-0.1, -0.05) is 30.3 Å². The first kappa shape index (κ1) is 16.3. The molecule has 1 aromatic rings. The normalized spacial score (nSPS) is 19.8. The number of cyclic esters (lactones) is 1. The Labute approximate surface area is 124 Å². The minimum Gasteiger partial charge on any atom is -0.454 e. The maximum absolute atomic E-state index is 12.4. The van der Waals surface area contributed by atoms with Crippen LogP contribution in [0.5, 0.6) is 0 Å². The van der Waals surface area contributed by atoms with Gasteiger partial charge in [-0.15, -0.1) is 0 Å². The van der Waals surface area contributed by atoms with Gasteiger partial charge in [0.05, 0.1) is 5.57 Å².